The van der Waals surface area contributed by atoms with Crippen molar-refractivity contribution in [3.05, 3.63) is 65.1 Å². The second-order valence-corrected chi connectivity index (χ2v) is 7.00. The smallest absolute Gasteiger partial charge is 0.227 e. The molecule has 0 spiro atoms. The number of amides is 1. The highest BCUT2D eigenvalue weighted by Gasteiger charge is 2.28. The van der Waals surface area contributed by atoms with Gasteiger partial charge in [0, 0.05) is 35.5 Å². The number of carbonyl (C=O) groups excluding carboxylic acids is 2. The molecular weight excluding hydrogens is 326 g/mol. The van der Waals surface area contributed by atoms with Crippen LogP contribution in [-0.2, 0) is 17.6 Å². The summed E-state index contributed by atoms with van der Waals surface area (Å²) in [6, 6.07) is 11.2. The number of carbonyl (C=O) groups is 2. The van der Waals surface area contributed by atoms with E-state index in [1.807, 2.05) is 12.3 Å². The molecule has 3 aromatic rings. The van der Waals surface area contributed by atoms with Crippen molar-refractivity contribution >= 4 is 23.0 Å². The Morgan fingerprint density at radius 3 is 2.88 bits per heavy atom. The van der Waals surface area contributed by atoms with Gasteiger partial charge in [0.2, 0.25) is 5.91 Å². The van der Waals surface area contributed by atoms with Crippen molar-refractivity contribution in [2.24, 2.45) is 5.92 Å². The normalized spacial score (nSPS) is 16.3. The van der Waals surface area contributed by atoms with Gasteiger partial charge in [-0.3, -0.25) is 9.59 Å². The Morgan fingerprint density at radius 2 is 2.08 bits per heavy atom. The number of hydrogen-bond acceptors (Lipinski definition) is 3. The van der Waals surface area contributed by atoms with Gasteiger partial charge in [-0.1, -0.05) is 12.1 Å². The Kier molecular flexibility index (Phi) is 4.07. The Bertz CT molecular complexity index is 1020. The maximum absolute atomic E-state index is 12.7. The molecule has 2 heterocycles. The summed E-state index contributed by atoms with van der Waals surface area (Å²) in [5.41, 5.74) is 5.62. The van der Waals surface area contributed by atoms with E-state index in [0.717, 1.165) is 29.9 Å². The third-order valence-electron chi connectivity index (χ3n) is 5.04. The van der Waals surface area contributed by atoms with Crippen LogP contribution in [0.15, 0.2) is 42.6 Å². The van der Waals surface area contributed by atoms with Crippen molar-refractivity contribution in [1.29, 1.82) is 0 Å². The van der Waals surface area contributed by atoms with E-state index in [0.29, 0.717) is 17.7 Å². The molecule has 1 aromatic carbocycles. The van der Waals surface area contributed by atoms with Crippen molar-refractivity contribution in [3.63, 3.8) is 0 Å². The highest BCUT2D eigenvalue weighted by atomic mass is 16.2. The van der Waals surface area contributed by atoms with Gasteiger partial charge in [0.1, 0.15) is 5.65 Å². The van der Waals surface area contributed by atoms with Crippen molar-refractivity contribution in [2.45, 2.75) is 33.1 Å². The highest BCUT2D eigenvalue weighted by molar-refractivity contribution is 5.97. The SMILES string of the molecule is CC(=O)c1cccc(NC(=O)C2CCc3nc4cc(C)ccn4c3C2)c1. The van der Waals surface area contributed by atoms with E-state index in [2.05, 4.69) is 28.8 Å². The first-order valence-corrected chi connectivity index (χ1v) is 8.89. The summed E-state index contributed by atoms with van der Waals surface area (Å²) in [7, 11) is 0. The molecule has 0 bridgehead atoms. The van der Waals surface area contributed by atoms with E-state index in [4.69, 9.17) is 4.98 Å². The molecule has 132 valence electrons. The first-order valence-electron chi connectivity index (χ1n) is 8.89. The minimum Gasteiger partial charge on any atom is -0.326 e. The van der Waals surface area contributed by atoms with Gasteiger partial charge < -0.3 is 9.72 Å². The molecule has 0 radical (unpaired) electrons. The molecule has 1 aliphatic carbocycles. The minimum atomic E-state index is -0.0929. The summed E-state index contributed by atoms with van der Waals surface area (Å²) in [6.45, 7) is 3.58. The lowest BCUT2D eigenvalue weighted by Crippen LogP contribution is -2.28. The molecule has 1 atom stereocenters. The van der Waals surface area contributed by atoms with Crippen LogP contribution < -0.4 is 5.32 Å². The number of nitrogens with zero attached hydrogens (tertiary/aromatic N) is 2. The summed E-state index contributed by atoms with van der Waals surface area (Å²) in [4.78, 5) is 29.0. The number of nitrogens with one attached hydrogen (secondary N) is 1. The van der Waals surface area contributed by atoms with Crippen molar-refractivity contribution in [3.8, 4) is 0 Å². The second kappa shape index (κ2) is 6.41. The van der Waals surface area contributed by atoms with E-state index in [-0.39, 0.29) is 17.6 Å². The molecule has 1 N–H and O–H groups in total. The van der Waals surface area contributed by atoms with E-state index in [9.17, 15) is 9.59 Å². The van der Waals surface area contributed by atoms with Crippen LogP contribution in [0.4, 0.5) is 5.69 Å². The Morgan fingerprint density at radius 1 is 1.23 bits per heavy atom. The van der Waals surface area contributed by atoms with Crippen LogP contribution in [0.2, 0.25) is 0 Å². The van der Waals surface area contributed by atoms with Gasteiger partial charge in [0.25, 0.3) is 0 Å². The minimum absolute atomic E-state index is 0.00147. The van der Waals surface area contributed by atoms with Gasteiger partial charge >= 0.3 is 0 Å². The number of anilines is 1. The van der Waals surface area contributed by atoms with Gasteiger partial charge in [0.15, 0.2) is 5.78 Å². The predicted molar refractivity (Wildman–Crippen MR) is 101 cm³/mol. The molecule has 1 unspecified atom stereocenters. The van der Waals surface area contributed by atoms with Crippen LogP contribution in [0.3, 0.4) is 0 Å². The van der Waals surface area contributed by atoms with Crippen molar-refractivity contribution < 1.29 is 9.59 Å². The molecule has 5 nitrogen and oxygen atoms in total. The molecule has 4 rings (SSSR count). The average molecular weight is 347 g/mol. The topological polar surface area (TPSA) is 63.5 Å². The van der Waals surface area contributed by atoms with Crippen molar-refractivity contribution in [2.75, 3.05) is 5.32 Å². The Balaban J connectivity index is 1.55. The van der Waals surface area contributed by atoms with Gasteiger partial charge in [-0.2, -0.15) is 0 Å². The van der Waals surface area contributed by atoms with Crippen LogP contribution in [0, 0.1) is 12.8 Å². The van der Waals surface area contributed by atoms with Crippen LogP contribution in [0.25, 0.3) is 5.65 Å². The summed E-state index contributed by atoms with van der Waals surface area (Å²) in [5, 5.41) is 2.97. The first-order chi connectivity index (χ1) is 12.5. The fraction of sp³-hybridized carbons (Fsp3) is 0.286. The number of benzene rings is 1. The number of Topliss-reactive ketones (excluding diaryl/α,β-unsaturated/α-hetero) is 1. The number of ketones is 1. The molecule has 26 heavy (non-hydrogen) atoms. The molecule has 0 aliphatic heterocycles. The molecule has 0 saturated carbocycles. The van der Waals surface area contributed by atoms with Crippen LogP contribution in [0.5, 0.6) is 0 Å². The number of rotatable bonds is 3. The number of aryl methyl sites for hydroxylation is 2. The predicted octanol–water partition coefficient (Wildman–Crippen LogP) is 3.59. The maximum Gasteiger partial charge on any atom is 0.227 e. The standard InChI is InChI=1S/C21H21N3O2/c1-13-8-9-24-19-12-16(6-7-18(19)23-20(24)10-13)21(26)22-17-5-3-4-15(11-17)14(2)25/h3-5,8-11,16H,6-7,12H2,1-2H3,(H,22,26). The van der Waals surface area contributed by atoms with Gasteiger partial charge in [0.05, 0.1) is 5.69 Å². The molecule has 1 amide bonds. The highest BCUT2D eigenvalue weighted by Crippen LogP contribution is 2.27. The average Bonchev–Trinajstić information content (AvgIpc) is 2.98. The number of imidazole rings is 1. The van der Waals surface area contributed by atoms with Gasteiger partial charge in [-0.15, -0.1) is 0 Å². The summed E-state index contributed by atoms with van der Waals surface area (Å²) >= 11 is 0. The lowest BCUT2D eigenvalue weighted by molar-refractivity contribution is -0.120. The first kappa shape index (κ1) is 16.5. The Hall–Kier alpha value is -2.95. The second-order valence-electron chi connectivity index (χ2n) is 7.00. The van der Waals surface area contributed by atoms with Crippen LogP contribution in [-0.4, -0.2) is 21.1 Å². The maximum atomic E-state index is 12.7. The Labute approximate surface area is 152 Å². The fourth-order valence-electron chi connectivity index (χ4n) is 3.59. The number of hydrogen-bond donors (Lipinski definition) is 1. The van der Waals surface area contributed by atoms with Crippen LogP contribution >= 0.6 is 0 Å². The summed E-state index contributed by atoms with van der Waals surface area (Å²) < 4.78 is 2.10. The lowest BCUT2D eigenvalue weighted by atomic mass is 9.89. The number of aromatic nitrogens is 2. The molecule has 0 saturated heterocycles. The lowest BCUT2D eigenvalue weighted by Gasteiger charge is -2.21. The van der Waals surface area contributed by atoms with E-state index in [1.54, 1.807) is 18.2 Å². The van der Waals surface area contributed by atoms with Crippen molar-refractivity contribution in [1.82, 2.24) is 9.38 Å². The zero-order valence-electron chi connectivity index (χ0n) is 15.0. The molecular formula is C21H21N3O2. The van der Waals surface area contributed by atoms with E-state index >= 15 is 0 Å². The largest absolute Gasteiger partial charge is 0.326 e. The zero-order chi connectivity index (χ0) is 18.3. The van der Waals surface area contributed by atoms with E-state index in [1.165, 1.54) is 12.5 Å². The third kappa shape index (κ3) is 3.01. The van der Waals surface area contributed by atoms with Crippen LogP contribution in [0.1, 0.15) is 40.7 Å². The fourth-order valence-corrected chi connectivity index (χ4v) is 3.59. The monoisotopic (exact) mass is 347 g/mol. The molecule has 1 aliphatic rings. The third-order valence-corrected chi connectivity index (χ3v) is 5.04. The van der Waals surface area contributed by atoms with E-state index < -0.39 is 0 Å². The molecule has 5 heteroatoms. The quantitative estimate of drug-likeness (QED) is 0.737. The molecule has 0 fully saturated rings. The van der Waals surface area contributed by atoms with Gasteiger partial charge in [-0.25, -0.2) is 4.98 Å². The molecule has 2 aromatic heterocycles. The number of fused-ring (bicyclic) bond motifs is 3. The summed E-state index contributed by atoms with van der Waals surface area (Å²) in [5.74, 6) is -0.104. The zero-order valence-corrected chi connectivity index (χ0v) is 15.0. The summed E-state index contributed by atoms with van der Waals surface area (Å²) in [6.07, 6.45) is 4.31. The van der Waals surface area contributed by atoms with Gasteiger partial charge in [-0.05, 0) is 56.5 Å². The number of pyridine rings is 1.